The molecule has 0 amide bonds. The molecule has 98 valence electrons. The Balaban J connectivity index is 2.18. The molecule has 0 aliphatic rings. The molecule has 2 aromatic carbocycles. The van der Waals surface area contributed by atoms with Gasteiger partial charge in [0.1, 0.15) is 5.82 Å². The van der Waals surface area contributed by atoms with E-state index in [-0.39, 0.29) is 17.5 Å². The normalized spacial score (nSPS) is 12.1. The Morgan fingerprint density at radius 1 is 1.21 bits per heavy atom. The van der Waals surface area contributed by atoms with E-state index in [4.69, 9.17) is 11.6 Å². The standard InChI is InChI=1S/C14H11ClFNO2/c15-13(10-4-2-1-3-5-10)8-11-6-7-12(17(18)19)9-14(11)16/h1-7,9,13H,8H2. The van der Waals surface area contributed by atoms with Crippen molar-refractivity contribution in [3.63, 3.8) is 0 Å². The summed E-state index contributed by atoms with van der Waals surface area (Å²) >= 11 is 6.21. The van der Waals surface area contributed by atoms with Crippen LogP contribution in [0.25, 0.3) is 0 Å². The molecular weight excluding hydrogens is 269 g/mol. The van der Waals surface area contributed by atoms with E-state index >= 15 is 0 Å². The van der Waals surface area contributed by atoms with Crippen LogP contribution in [0.2, 0.25) is 0 Å². The van der Waals surface area contributed by atoms with Crippen LogP contribution in [-0.4, -0.2) is 4.92 Å². The monoisotopic (exact) mass is 279 g/mol. The third-order valence-corrected chi connectivity index (χ3v) is 3.21. The summed E-state index contributed by atoms with van der Waals surface area (Å²) in [6, 6.07) is 12.9. The molecule has 0 fully saturated rings. The lowest BCUT2D eigenvalue weighted by Gasteiger charge is -2.10. The number of benzene rings is 2. The van der Waals surface area contributed by atoms with Gasteiger partial charge in [0, 0.05) is 6.07 Å². The zero-order valence-electron chi connectivity index (χ0n) is 9.92. The van der Waals surface area contributed by atoms with Crippen LogP contribution in [0.15, 0.2) is 48.5 Å². The van der Waals surface area contributed by atoms with E-state index < -0.39 is 10.7 Å². The lowest BCUT2D eigenvalue weighted by Crippen LogP contribution is -1.99. The minimum Gasteiger partial charge on any atom is -0.258 e. The molecule has 19 heavy (non-hydrogen) atoms. The molecule has 0 heterocycles. The summed E-state index contributed by atoms with van der Waals surface area (Å²) in [6.07, 6.45) is 0.287. The molecule has 0 saturated carbocycles. The van der Waals surface area contributed by atoms with Crippen LogP contribution >= 0.6 is 11.6 Å². The predicted molar refractivity (Wildman–Crippen MR) is 71.8 cm³/mol. The van der Waals surface area contributed by atoms with Gasteiger partial charge in [0.25, 0.3) is 5.69 Å². The predicted octanol–water partition coefficient (Wildman–Crippen LogP) is 4.26. The van der Waals surface area contributed by atoms with Gasteiger partial charge in [-0.1, -0.05) is 30.3 Å². The van der Waals surface area contributed by atoms with Crippen molar-refractivity contribution in [2.75, 3.05) is 0 Å². The Kier molecular flexibility index (Phi) is 4.12. The van der Waals surface area contributed by atoms with Gasteiger partial charge in [-0.2, -0.15) is 0 Å². The fraction of sp³-hybridized carbons (Fsp3) is 0.143. The van der Waals surface area contributed by atoms with Crippen molar-refractivity contribution in [1.29, 1.82) is 0 Å². The number of alkyl halides is 1. The van der Waals surface area contributed by atoms with Crippen molar-refractivity contribution in [2.45, 2.75) is 11.8 Å². The summed E-state index contributed by atoms with van der Waals surface area (Å²) in [5.41, 5.74) is 1.00. The molecule has 0 radical (unpaired) electrons. The molecular formula is C14H11ClFNO2. The van der Waals surface area contributed by atoms with Crippen LogP contribution in [0.5, 0.6) is 0 Å². The molecule has 5 heteroatoms. The summed E-state index contributed by atoms with van der Waals surface area (Å²) in [4.78, 5) is 9.90. The molecule has 0 bridgehead atoms. The molecule has 2 rings (SSSR count). The molecule has 1 unspecified atom stereocenters. The summed E-state index contributed by atoms with van der Waals surface area (Å²) in [5, 5.41) is 10.2. The van der Waals surface area contributed by atoms with Crippen LogP contribution in [0.3, 0.4) is 0 Å². The molecule has 0 aliphatic carbocycles. The van der Waals surface area contributed by atoms with Gasteiger partial charge >= 0.3 is 0 Å². The van der Waals surface area contributed by atoms with E-state index in [1.807, 2.05) is 30.3 Å². The SMILES string of the molecule is O=[N+]([O-])c1ccc(CC(Cl)c2ccccc2)c(F)c1. The highest BCUT2D eigenvalue weighted by molar-refractivity contribution is 6.20. The number of rotatable bonds is 4. The maximum absolute atomic E-state index is 13.7. The van der Waals surface area contributed by atoms with Crippen molar-refractivity contribution >= 4 is 17.3 Å². The van der Waals surface area contributed by atoms with Gasteiger partial charge in [0.2, 0.25) is 0 Å². The Morgan fingerprint density at radius 2 is 1.89 bits per heavy atom. The number of nitro benzene ring substituents is 1. The maximum Gasteiger partial charge on any atom is 0.272 e. The molecule has 2 aromatic rings. The first kappa shape index (κ1) is 13.5. The second-order valence-corrected chi connectivity index (χ2v) is 4.64. The zero-order chi connectivity index (χ0) is 13.8. The molecule has 3 nitrogen and oxygen atoms in total. The van der Waals surface area contributed by atoms with Gasteiger partial charge in [0.05, 0.1) is 16.4 Å². The summed E-state index contributed by atoms with van der Waals surface area (Å²) in [5.74, 6) is -0.601. The molecule has 0 N–H and O–H groups in total. The Hall–Kier alpha value is -1.94. The van der Waals surface area contributed by atoms with Gasteiger partial charge in [-0.25, -0.2) is 4.39 Å². The Morgan fingerprint density at radius 3 is 2.47 bits per heavy atom. The van der Waals surface area contributed by atoms with Gasteiger partial charge in [-0.05, 0) is 23.6 Å². The fourth-order valence-corrected chi connectivity index (χ4v) is 2.10. The van der Waals surface area contributed by atoms with E-state index in [9.17, 15) is 14.5 Å². The van der Waals surface area contributed by atoms with E-state index in [0.717, 1.165) is 11.6 Å². The first-order valence-electron chi connectivity index (χ1n) is 5.70. The third-order valence-electron chi connectivity index (χ3n) is 2.81. The van der Waals surface area contributed by atoms with Crippen molar-refractivity contribution in [1.82, 2.24) is 0 Å². The molecule has 0 aliphatic heterocycles. The van der Waals surface area contributed by atoms with E-state index in [2.05, 4.69) is 0 Å². The minimum absolute atomic E-state index is 0.257. The number of hydrogen-bond donors (Lipinski definition) is 0. The highest BCUT2D eigenvalue weighted by Crippen LogP contribution is 2.27. The molecule has 0 aromatic heterocycles. The van der Waals surface area contributed by atoms with Crippen molar-refractivity contribution < 1.29 is 9.31 Å². The average Bonchev–Trinajstić information content (AvgIpc) is 2.41. The lowest BCUT2D eigenvalue weighted by molar-refractivity contribution is -0.385. The van der Waals surface area contributed by atoms with Gasteiger partial charge in [0.15, 0.2) is 0 Å². The largest absolute Gasteiger partial charge is 0.272 e. The minimum atomic E-state index is -0.623. The van der Waals surface area contributed by atoms with Crippen molar-refractivity contribution in [3.05, 3.63) is 75.6 Å². The van der Waals surface area contributed by atoms with E-state index in [1.165, 1.54) is 12.1 Å². The number of halogens is 2. The van der Waals surface area contributed by atoms with E-state index in [1.54, 1.807) is 0 Å². The van der Waals surface area contributed by atoms with Crippen LogP contribution in [0, 0.1) is 15.9 Å². The van der Waals surface area contributed by atoms with Crippen molar-refractivity contribution in [2.24, 2.45) is 0 Å². The first-order chi connectivity index (χ1) is 9.08. The number of hydrogen-bond acceptors (Lipinski definition) is 2. The molecule has 1 atom stereocenters. The van der Waals surface area contributed by atoms with Gasteiger partial charge in [-0.3, -0.25) is 10.1 Å². The second kappa shape index (κ2) is 5.80. The summed E-state index contributed by atoms with van der Waals surface area (Å²) in [6.45, 7) is 0. The van der Waals surface area contributed by atoms with Crippen LogP contribution in [-0.2, 0) is 6.42 Å². The fourth-order valence-electron chi connectivity index (χ4n) is 1.79. The summed E-state index contributed by atoms with van der Waals surface area (Å²) < 4.78 is 13.7. The van der Waals surface area contributed by atoms with Crippen LogP contribution < -0.4 is 0 Å². The number of non-ortho nitro benzene ring substituents is 1. The van der Waals surface area contributed by atoms with E-state index in [0.29, 0.717) is 5.56 Å². The average molecular weight is 280 g/mol. The first-order valence-corrected chi connectivity index (χ1v) is 6.13. The van der Waals surface area contributed by atoms with Crippen LogP contribution in [0.1, 0.15) is 16.5 Å². The maximum atomic E-state index is 13.7. The van der Waals surface area contributed by atoms with Gasteiger partial charge < -0.3 is 0 Å². The second-order valence-electron chi connectivity index (χ2n) is 4.12. The molecule has 0 spiro atoms. The highest BCUT2D eigenvalue weighted by Gasteiger charge is 2.14. The quantitative estimate of drug-likeness (QED) is 0.477. The number of nitrogens with zero attached hydrogens (tertiary/aromatic N) is 1. The number of nitro groups is 1. The third kappa shape index (κ3) is 3.29. The lowest BCUT2D eigenvalue weighted by atomic mass is 10.0. The highest BCUT2D eigenvalue weighted by atomic mass is 35.5. The molecule has 0 saturated heterocycles. The smallest absolute Gasteiger partial charge is 0.258 e. The van der Waals surface area contributed by atoms with Crippen LogP contribution in [0.4, 0.5) is 10.1 Å². The van der Waals surface area contributed by atoms with Crippen molar-refractivity contribution in [3.8, 4) is 0 Å². The van der Waals surface area contributed by atoms with Gasteiger partial charge in [-0.15, -0.1) is 11.6 Å². The summed E-state index contributed by atoms with van der Waals surface area (Å²) in [7, 11) is 0. The Bertz CT molecular complexity index is 589. The Labute approximate surface area is 114 Å². The topological polar surface area (TPSA) is 43.1 Å². The zero-order valence-corrected chi connectivity index (χ0v) is 10.7.